The Morgan fingerprint density at radius 1 is 0.968 bits per heavy atom. The Hall–Kier alpha value is -2.97. The first-order valence-electron chi connectivity index (χ1n) is 10.3. The fraction of sp³-hybridized carbons (Fsp3) is 0.304. The molecule has 3 aromatic rings. The summed E-state index contributed by atoms with van der Waals surface area (Å²) in [7, 11) is -3.55. The van der Waals surface area contributed by atoms with Gasteiger partial charge >= 0.3 is 5.97 Å². The maximum atomic E-state index is 12.8. The second kappa shape index (κ2) is 9.45. The second-order valence-corrected chi connectivity index (χ2v) is 9.40. The number of nitrogens with zero attached hydrogens (tertiary/aromatic N) is 2. The molecule has 1 aliphatic rings. The molecule has 0 aliphatic carbocycles. The topological polar surface area (TPSA) is 89.7 Å². The highest BCUT2D eigenvalue weighted by Crippen LogP contribution is 2.22. The molecule has 7 nitrogen and oxygen atoms in total. The van der Waals surface area contributed by atoms with Crippen molar-refractivity contribution in [2.24, 2.45) is 0 Å². The van der Waals surface area contributed by atoms with Crippen LogP contribution in [0.1, 0.15) is 41.8 Å². The number of sulfonamides is 1. The Labute approximate surface area is 181 Å². The first kappa shape index (κ1) is 21.3. The van der Waals surface area contributed by atoms with Gasteiger partial charge < -0.3 is 9.26 Å². The molecule has 1 aliphatic heterocycles. The molecule has 0 radical (unpaired) electrons. The largest absolute Gasteiger partial charge is 0.454 e. The van der Waals surface area contributed by atoms with Crippen LogP contribution in [0, 0.1) is 0 Å². The molecule has 31 heavy (non-hydrogen) atoms. The van der Waals surface area contributed by atoms with Gasteiger partial charge in [-0.05, 0) is 37.1 Å². The third-order valence-electron chi connectivity index (χ3n) is 5.27. The molecule has 8 heteroatoms. The first-order chi connectivity index (χ1) is 15.0. The predicted octanol–water partition coefficient (Wildman–Crippen LogP) is 4.26. The molecule has 0 unspecified atom stereocenters. The quantitative estimate of drug-likeness (QED) is 0.532. The fourth-order valence-electron chi connectivity index (χ4n) is 3.54. The van der Waals surface area contributed by atoms with Crippen LogP contribution in [-0.2, 0) is 21.4 Å². The number of hydrogen-bond donors (Lipinski definition) is 0. The van der Waals surface area contributed by atoms with E-state index in [0.29, 0.717) is 24.5 Å². The van der Waals surface area contributed by atoms with Crippen LogP contribution < -0.4 is 0 Å². The van der Waals surface area contributed by atoms with Gasteiger partial charge in [-0.1, -0.05) is 48.3 Å². The van der Waals surface area contributed by atoms with E-state index in [9.17, 15) is 13.2 Å². The number of hydrogen-bond acceptors (Lipinski definition) is 6. The van der Waals surface area contributed by atoms with Gasteiger partial charge in [-0.3, -0.25) is 0 Å². The molecule has 1 aromatic heterocycles. The summed E-state index contributed by atoms with van der Waals surface area (Å²) in [5.41, 5.74) is 1.84. The van der Waals surface area contributed by atoms with Crippen LogP contribution in [0.15, 0.2) is 70.1 Å². The first-order valence-corrected chi connectivity index (χ1v) is 11.8. The van der Waals surface area contributed by atoms with Gasteiger partial charge in [0.25, 0.3) is 0 Å². The van der Waals surface area contributed by atoms with Gasteiger partial charge in [-0.25, -0.2) is 13.2 Å². The predicted molar refractivity (Wildman–Crippen MR) is 115 cm³/mol. The summed E-state index contributed by atoms with van der Waals surface area (Å²) in [6.07, 6.45) is 3.85. The maximum absolute atomic E-state index is 12.8. The molecule has 0 saturated carbocycles. The Kier molecular flexibility index (Phi) is 6.48. The third-order valence-corrected chi connectivity index (χ3v) is 7.18. The van der Waals surface area contributed by atoms with Crippen LogP contribution in [0.2, 0.25) is 0 Å². The van der Waals surface area contributed by atoms with Crippen molar-refractivity contribution in [3.8, 4) is 11.3 Å². The van der Waals surface area contributed by atoms with Crippen molar-refractivity contribution in [2.75, 3.05) is 13.1 Å². The number of carbonyl (C=O) groups excluding carboxylic acids is 1. The second-order valence-electron chi connectivity index (χ2n) is 7.46. The normalized spacial score (nSPS) is 15.4. The zero-order valence-electron chi connectivity index (χ0n) is 17.1. The SMILES string of the molecule is O=C(OCc1cc(-c2ccccc2)no1)c1ccc(S(=O)(=O)N2CCCCCC2)cc1. The minimum atomic E-state index is -3.55. The molecule has 1 fully saturated rings. The molecule has 4 rings (SSSR count). The smallest absolute Gasteiger partial charge is 0.338 e. The van der Waals surface area contributed by atoms with Crippen molar-refractivity contribution >= 4 is 16.0 Å². The van der Waals surface area contributed by atoms with E-state index >= 15 is 0 Å². The van der Waals surface area contributed by atoms with E-state index in [0.717, 1.165) is 31.2 Å². The molecule has 0 N–H and O–H groups in total. The molecular weight excluding hydrogens is 416 g/mol. The Balaban J connectivity index is 1.38. The number of esters is 1. The highest BCUT2D eigenvalue weighted by atomic mass is 32.2. The summed E-state index contributed by atoms with van der Waals surface area (Å²) in [6.45, 7) is 1.01. The van der Waals surface area contributed by atoms with E-state index in [1.165, 1.54) is 28.6 Å². The molecule has 1 saturated heterocycles. The van der Waals surface area contributed by atoms with Crippen LogP contribution in [0.5, 0.6) is 0 Å². The number of rotatable bonds is 6. The van der Waals surface area contributed by atoms with Gasteiger partial charge in [0.15, 0.2) is 12.4 Å². The van der Waals surface area contributed by atoms with E-state index in [-0.39, 0.29) is 17.1 Å². The van der Waals surface area contributed by atoms with Crippen molar-refractivity contribution in [3.63, 3.8) is 0 Å². The molecular formula is C23H24N2O5S. The summed E-state index contributed by atoms with van der Waals surface area (Å²) in [5, 5.41) is 3.99. The van der Waals surface area contributed by atoms with Crippen molar-refractivity contribution in [2.45, 2.75) is 37.2 Å². The highest BCUT2D eigenvalue weighted by Gasteiger charge is 2.25. The van der Waals surface area contributed by atoms with E-state index in [1.807, 2.05) is 30.3 Å². The molecule has 0 amide bonds. The Morgan fingerprint density at radius 3 is 2.32 bits per heavy atom. The van der Waals surface area contributed by atoms with Crippen molar-refractivity contribution < 1.29 is 22.5 Å². The van der Waals surface area contributed by atoms with Crippen LogP contribution >= 0.6 is 0 Å². The monoisotopic (exact) mass is 440 g/mol. The van der Waals surface area contributed by atoms with Gasteiger partial charge in [0.2, 0.25) is 10.0 Å². The van der Waals surface area contributed by atoms with Crippen LogP contribution in [-0.4, -0.2) is 36.9 Å². The third kappa shape index (κ3) is 5.03. The standard InChI is InChI=1S/C23H24N2O5S/c26-23(29-17-20-16-22(24-30-20)18-8-4-3-5-9-18)19-10-12-21(13-11-19)31(27,28)25-14-6-1-2-7-15-25/h3-5,8-13,16H,1-2,6-7,14-15,17H2. The average Bonchev–Trinajstić information content (AvgIpc) is 3.10. The lowest BCUT2D eigenvalue weighted by molar-refractivity contribution is 0.0437. The lowest BCUT2D eigenvalue weighted by atomic mass is 10.1. The van der Waals surface area contributed by atoms with E-state index in [1.54, 1.807) is 6.07 Å². The van der Waals surface area contributed by atoms with E-state index in [4.69, 9.17) is 9.26 Å². The van der Waals surface area contributed by atoms with Gasteiger partial charge in [-0.15, -0.1) is 0 Å². The number of ether oxygens (including phenoxy) is 1. The van der Waals surface area contributed by atoms with Crippen LogP contribution in [0.25, 0.3) is 11.3 Å². The van der Waals surface area contributed by atoms with Crippen LogP contribution in [0.3, 0.4) is 0 Å². The summed E-state index contributed by atoms with van der Waals surface area (Å²) in [4.78, 5) is 12.5. The zero-order valence-corrected chi connectivity index (χ0v) is 17.9. The van der Waals surface area contributed by atoms with Crippen LogP contribution in [0.4, 0.5) is 0 Å². The number of aromatic nitrogens is 1. The maximum Gasteiger partial charge on any atom is 0.338 e. The van der Waals surface area contributed by atoms with Gasteiger partial charge in [0, 0.05) is 24.7 Å². The zero-order chi connectivity index (χ0) is 21.7. The van der Waals surface area contributed by atoms with Gasteiger partial charge in [0.1, 0.15) is 5.69 Å². The Bertz CT molecular complexity index is 1120. The summed E-state index contributed by atoms with van der Waals surface area (Å²) < 4.78 is 37.7. The highest BCUT2D eigenvalue weighted by molar-refractivity contribution is 7.89. The Morgan fingerprint density at radius 2 is 1.65 bits per heavy atom. The molecule has 2 heterocycles. The van der Waals surface area contributed by atoms with E-state index < -0.39 is 16.0 Å². The summed E-state index contributed by atoms with van der Waals surface area (Å²) in [6, 6.07) is 17.1. The van der Waals surface area contributed by atoms with Gasteiger partial charge in [-0.2, -0.15) is 4.31 Å². The summed E-state index contributed by atoms with van der Waals surface area (Å²) >= 11 is 0. The van der Waals surface area contributed by atoms with Crippen molar-refractivity contribution in [1.82, 2.24) is 9.46 Å². The minimum Gasteiger partial charge on any atom is -0.454 e. The molecule has 0 atom stereocenters. The van der Waals surface area contributed by atoms with Gasteiger partial charge in [0.05, 0.1) is 10.5 Å². The average molecular weight is 441 g/mol. The molecule has 0 bridgehead atoms. The number of carbonyl (C=O) groups is 1. The fourth-order valence-corrected chi connectivity index (χ4v) is 5.06. The van der Waals surface area contributed by atoms with Crippen molar-refractivity contribution in [3.05, 3.63) is 72.0 Å². The van der Waals surface area contributed by atoms with E-state index in [2.05, 4.69) is 5.16 Å². The lowest BCUT2D eigenvalue weighted by Gasteiger charge is -2.19. The molecule has 2 aromatic carbocycles. The molecule has 162 valence electrons. The number of benzene rings is 2. The summed E-state index contributed by atoms with van der Waals surface area (Å²) in [5.74, 6) is -0.135. The molecule has 0 spiro atoms. The lowest BCUT2D eigenvalue weighted by Crippen LogP contribution is -2.31. The minimum absolute atomic E-state index is 0.0630. The van der Waals surface area contributed by atoms with Crippen molar-refractivity contribution in [1.29, 1.82) is 0 Å².